The molecule has 2 aliphatic heterocycles. The maximum Gasteiger partial charge on any atom is 0.265 e. The third-order valence-electron chi connectivity index (χ3n) is 5.98. The van der Waals surface area contributed by atoms with E-state index < -0.39 is 21.8 Å². The van der Waals surface area contributed by atoms with Crippen LogP contribution in [0, 0.1) is 24.1 Å². The Hall–Kier alpha value is -4.09. The lowest BCUT2D eigenvalue weighted by molar-refractivity contribution is 0.357. The largest absolute Gasteiger partial charge is 0.439 e. The summed E-state index contributed by atoms with van der Waals surface area (Å²) in [4.78, 5) is -0.199. The first kappa shape index (κ1) is 21.7. The van der Waals surface area contributed by atoms with Gasteiger partial charge in [0.15, 0.2) is 5.76 Å². The predicted octanol–water partition coefficient (Wildman–Crippen LogP) is 4.66. The van der Waals surface area contributed by atoms with Crippen LogP contribution in [0.3, 0.4) is 0 Å². The Balaban J connectivity index is 1.78. The van der Waals surface area contributed by atoms with Gasteiger partial charge in [-0.1, -0.05) is 60.2 Å². The number of nitriles is 1. The number of sulfonamides is 1. The van der Waals surface area contributed by atoms with E-state index in [1.807, 2.05) is 37.3 Å². The van der Waals surface area contributed by atoms with Crippen LogP contribution in [0.5, 0.6) is 0 Å². The number of benzene rings is 3. The van der Waals surface area contributed by atoms with Crippen LogP contribution >= 0.6 is 0 Å². The molecule has 0 saturated heterocycles. The second-order valence-corrected chi connectivity index (χ2v) is 9.99. The molecule has 2 N–H and O–H groups in total. The first-order valence-electron chi connectivity index (χ1n) is 10.6. The summed E-state index contributed by atoms with van der Waals surface area (Å²) in [6, 6.07) is 22.2. The standard InChI is InChI=1S/C26H20FN3O3S/c1-16-7-6-8-17(13-16)15-30-22-12-5-3-10-19(22)24-25(34(30,31)32)23(20(14-28)26(29)33-24)18-9-2-4-11-21(18)27/h2-13,23H,15,29H2,1H3/t23-/m0/s1. The van der Waals surface area contributed by atoms with Crippen molar-refractivity contribution in [2.24, 2.45) is 5.73 Å². The Kier molecular flexibility index (Phi) is 5.14. The van der Waals surface area contributed by atoms with Crippen LogP contribution in [0.4, 0.5) is 10.1 Å². The lowest BCUT2D eigenvalue weighted by atomic mass is 9.88. The molecule has 0 aliphatic carbocycles. The van der Waals surface area contributed by atoms with Crippen LogP contribution in [0.25, 0.3) is 5.76 Å². The Morgan fingerprint density at radius 1 is 1.09 bits per heavy atom. The SMILES string of the molecule is Cc1cccc(CN2c3ccccc3C3=C([C@@H](c4ccccc4F)C(C#N)=C(N)O3)S2(=O)=O)c1. The number of ether oxygens (including phenoxy) is 1. The number of halogens is 1. The number of anilines is 1. The van der Waals surface area contributed by atoms with Crippen molar-refractivity contribution in [2.75, 3.05) is 4.31 Å². The van der Waals surface area contributed by atoms with E-state index in [1.54, 1.807) is 30.3 Å². The zero-order valence-corrected chi connectivity index (χ0v) is 19.0. The second-order valence-electron chi connectivity index (χ2n) is 8.16. The van der Waals surface area contributed by atoms with Crippen LogP contribution in [-0.4, -0.2) is 8.42 Å². The fourth-order valence-electron chi connectivity index (χ4n) is 4.48. The minimum absolute atomic E-state index is 0.0147. The summed E-state index contributed by atoms with van der Waals surface area (Å²) >= 11 is 0. The Labute approximate surface area is 197 Å². The monoisotopic (exact) mass is 473 g/mol. The molecular formula is C26H20FN3O3S. The van der Waals surface area contributed by atoms with Gasteiger partial charge in [0.1, 0.15) is 22.4 Å². The van der Waals surface area contributed by atoms with E-state index in [4.69, 9.17) is 10.5 Å². The zero-order valence-electron chi connectivity index (χ0n) is 18.2. The molecule has 3 aromatic rings. The van der Waals surface area contributed by atoms with Crippen LogP contribution < -0.4 is 10.0 Å². The predicted molar refractivity (Wildman–Crippen MR) is 127 cm³/mol. The average molecular weight is 474 g/mol. The fourth-order valence-corrected chi connectivity index (χ4v) is 6.38. The van der Waals surface area contributed by atoms with Crippen molar-refractivity contribution in [1.82, 2.24) is 0 Å². The topological polar surface area (TPSA) is 96.4 Å². The Bertz CT molecular complexity index is 1540. The molecule has 0 fully saturated rings. The van der Waals surface area contributed by atoms with Gasteiger partial charge in [0, 0.05) is 11.1 Å². The van der Waals surface area contributed by atoms with E-state index in [0.717, 1.165) is 11.1 Å². The molecule has 3 aromatic carbocycles. The van der Waals surface area contributed by atoms with Crippen molar-refractivity contribution in [2.45, 2.75) is 19.4 Å². The Morgan fingerprint density at radius 2 is 1.82 bits per heavy atom. The summed E-state index contributed by atoms with van der Waals surface area (Å²) in [5, 5.41) is 9.85. The summed E-state index contributed by atoms with van der Waals surface area (Å²) in [6.07, 6.45) is 0. The van der Waals surface area contributed by atoms with Gasteiger partial charge in [0.05, 0.1) is 18.2 Å². The van der Waals surface area contributed by atoms with Gasteiger partial charge in [-0.15, -0.1) is 0 Å². The van der Waals surface area contributed by atoms with Crippen LogP contribution in [0.2, 0.25) is 0 Å². The highest BCUT2D eigenvalue weighted by atomic mass is 32.2. The molecule has 0 radical (unpaired) electrons. The summed E-state index contributed by atoms with van der Waals surface area (Å²) in [6.45, 7) is 1.99. The lowest BCUT2D eigenvalue weighted by Gasteiger charge is -2.38. The molecular weight excluding hydrogens is 453 g/mol. The van der Waals surface area contributed by atoms with Crippen LogP contribution in [-0.2, 0) is 21.3 Å². The molecule has 0 bridgehead atoms. The molecule has 1 atom stereocenters. The minimum Gasteiger partial charge on any atom is -0.439 e. The minimum atomic E-state index is -4.25. The zero-order chi connectivity index (χ0) is 24.0. The maximum absolute atomic E-state index is 15.0. The number of hydrogen-bond acceptors (Lipinski definition) is 5. The first-order chi connectivity index (χ1) is 16.3. The molecule has 34 heavy (non-hydrogen) atoms. The molecule has 0 unspecified atom stereocenters. The molecule has 8 heteroatoms. The van der Waals surface area contributed by atoms with Crippen molar-refractivity contribution >= 4 is 21.5 Å². The van der Waals surface area contributed by atoms with E-state index in [0.29, 0.717) is 11.3 Å². The third-order valence-corrected chi connectivity index (χ3v) is 7.87. The number of para-hydroxylation sites is 1. The van der Waals surface area contributed by atoms with Crippen molar-refractivity contribution in [3.8, 4) is 6.07 Å². The number of allylic oxidation sites excluding steroid dienone is 2. The molecule has 2 aliphatic rings. The molecule has 0 aromatic heterocycles. The van der Waals surface area contributed by atoms with Gasteiger partial charge in [-0.05, 0) is 30.7 Å². The highest BCUT2D eigenvalue weighted by Gasteiger charge is 2.47. The van der Waals surface area contributed by atoms with E-state index in [2.05, 4.69) is 0 Å². The van der Waals surface area contributed by atoms with E-state index >= 15 is 0 Å². The number of aryl methyl sites for hydroxylation is 1. The second kappa shape index (κ2) is 8.04. The summed E-state index contributed by atoms with van der Waals surface area (Å²) in [5.41, 5.74) is 8.66. The van der Waals surface area contributed by atoms with Gasteiger partial charge in [-0.25, -0.2) is 12.8 Å². The van der Waals surface area contributed by atoms with E-state index in [-0.39, 0.29) is 34.2 Å². The van der Waals surface area contributed by atoms with E-state index in [1.165, 1.54) is 22.5 Å². The molecule has 0 amide bonds. The van der Waals surface area contributed by atoms with Crippen molar-refractivity contribution in [3.05, 3.63) is 117 Å². The van der Waals surface area contributed by atoms with Gasteiger partial charge < -0.3 is 10.5 Å². The molecule has 2 heterocycles. The smallest absolute Gasteiger partial charge is 0.265 e. The highest BCUT2D eigenvalue weighted by Crippen LogP contribution is 2.51. The number of nitrogens with zero attached hydrogens (tertiary/aromatic N) is 2. The number of rotatable bonds is 3. The molecule has 170 valence electrons. The van der Waals surface area contributed by atoms with Gasteiger partial charge in [0.25, 0.3) is 10.0 Å². The summed E-state index contributed by atoms with van der Waals surface area (Å²) in [5.74, 6) is -2.11. The highest BCUT2D eigenvalue weighted by molar-refractivity contribution is 7.96. The fraction of sp³-hybridized carbons (Fsp3) is 0.115. The van der Waals surface area contributed by atoms with Crippen molar-refractivity contribution in [1.29, 1.82) is 5.26 Å². The number of nitrogens with two attached hydrogens (primary N) is 1. The van der Waals surface area contributed by atoms with Crippen molar-refractivity contribution < 1.29 is 17.5 Å². The number of fused-ring (bicyclic) bond motifs is 2. The molecule has 0 saturated carbocycles. The average Bonchev–Trinajstić information content (AvgIpc) is 2.81. The van der Waals surface area contributed by atoms with Gasteiger partial charge in [-0.2, -0.15) is 5.26 Å². The normalized spacial score (nSPS) is 18.6. The third kappa shape index (κ3) is 3.33. The molecule has 6 nitrogen and oxygen atoms in total. The van der Waals surface area contributed by atoms with Crippen LogP contribution in [0.1, 0.15) is 28.2 Å². The van der Waals surface area contributed by atoms with Crippen LogP contribution in [0.15, 0.2) is 89.2 Å². The molecule has 0 spiro atoms. The first-order valence-corrected chi connectivity index (χ1v) is 12.0. The quantitative estimate of drug-likeness (QED) is 0.597. The number of hydrogen-bond donors (Lipinski definition) is 1. The molecule has 5 rings (SSSR count). The van der Waals surface area contributed by atoms with Gasteiger partial charge in [0.2, 0.25) is 5.88 Å². The summed E-state index contributed by atoms with van der Waals surface area (Å²) < 4.78 is 50.3. The van der Waals surface area contributed by atoms with E-state index in [9.17, 15) is 18.1 Å². The maximum atomic E-state index is 15.0. The van der Waals surface area contributed by atoms with Gasteiger partial charge >= 0.3 is 0 Å². The lowest BCUT2D eigenvalue weighted by Crippen LogP contribution is -2.39. The Morgan fingerprint density at radius 3 is 2.56 bits per heavy atom. The summed E-state index contributed by atoms with van der Waals surface area (Å²) in [7, 11) is -4.25. The van der Waals surface area contributed by atoms with Gasteiger partial charge in [-0.3, -0.25) is 4.31 Å². The van der Waals surface area contributed by atoms with Crippen molar-refractivity contribution in [3.63, 3.8) is 0 Å².